The first kappa shape index (κ1) is 16.7. The van der Waals surface area contributed by atoms with E-state index in [1.54, 1.807) is 0 Å². The van der Waals surface area contributed by atoms with Gasteiger partial charge in [-0.1, -0.05) is 79.4 Å². The molecule has 0 aliphatic carbocycles. The van der Waals surface area contributed by atoms with Crippen LogP contribution in [-0.2, 0) is 0 Å². The molecular weight excluding hydrogens is 332 g/mol. The zero-order valence-electron chi connectivity index (χ0n) is 14.9. The molecule has 0 nitrogen and oxygen atoms in total. The van der Waals surface area contributed by atoms with Gasteiger partial charge in [-0.15, -0.1) is 10.0 Å². The average Bonchev–Trinajstić information content (AvgIpc) is 2.96. The van der Waals surface area contributed by atoms with Crippen LogP contribution in [0.2, 0.25) is 0 Å². The predicted octanol–water partition coefficient (Wildman–Crippen LogP) is 7.46. The van der Waals surface area contributed by atoms with Crippen molar-refractivity contribution in [2.75, 3.05) is 0 Å². The summed E-state index contributed by atoms with van der Waals surface area (Å²) in [6, 6.07) is 30.8. The molecule has 0 atom stereocenters. The van der Waals surface area contributed by atoms with Gasteiger partial charge >= 0.3 is 0 Å². The highest BCUT2D eigenvalue weighted by atomic mass is 32.3. The van der Waals surface area contributed by atoms with Crippen LogP contribution in [0.4, 0.5) is 0 Å². The molecule has 3 aromatic rings. The van der Waals surface area contributed by atoms with Crippen LogP contribution >= 0.6 is 10.0 Å². The van der Waals surface area contributed by atoms with Gasteiger partial charge in [0.2, 0.25) is 0 Å². The molecule has 3 aromatic carbocycles. The largest absolute Gasteiger partial charge is 0.136 e. The first-order chi connectivity index (χ1) is 12.8. The van der Waals surface area contributed by atoms with Crippen molar-refractivity contribution in [3.63, 3.8) is 0 Å². The van der Waals surface area contributed by atoms with E-state index in [1.807, 2.05) is 12.2 Å². The molecule has 0 N–H and O–H groups in total. The normalized spacial score (nSPS) is 16.5. The summed E-state index contributed by atoms with van der Waals surface area (Å²) in [5.41, 5.74) is 2.66. The Hall–Kier alpha value is -2.77. The minimum Gasteiger partial charge on any atom is -0.136 e. The molecule has 0 bridgehead atoms. The third kappa shape index (κ3) is 2.40. The molecule has 0 aromatic heterocycles. The fraction of sp³-hybridized carbons (Fsp3) is 0.0400. The second-order valence-corrected chi connectivity index (χ2v) is 9.52. The Balaban J connectivity index is 2.13. The molecule has 0 amide bonds. The maximum absolute atomic E-state index is 3.85. The average molecular weight is 355 g/mol. The lowest BCUT2D eigenvalue weighted by Gasteiger charge is -2.40. The number of hydrogen-bond donors (Lipinski definition) is 0. The molecule has 0 spiro atoms. The zero-order valence-corrected chi connectivity index (χ0v) is 15.7. The van der Waals surface area contributed by atoms with Gasteiger partial charge in [-0.2, -0.15) is 0 Å². The van der Waals surface area contributed by atoms with E-state index in [1.165, 1.54) is 30.7 Å². The third-order valence-corrected chi connectivity index (χ3v) is 9.05. The lowest BCUT2D eigenvalue weighted by atomic mass is 10.1. The summed E-state index contributed by atoms with van der Waals surface area (Å²) in [4.78, 5) is 5.64. The van der Waals surface area contributed by atoms with Gasteiger partial charge in [-0.05, 0) is 53.3 Å². The van der Waals surface area contributed by atoms with Crippen molar-refractivity contribution in [1.29, 1.82) is 0 Å². The molecule has 0 fully saturated rings. The molecule has 26 heavy (non-hydrogen) atoms. The highest BCUT2D eigenvalue weighted by Gasteiger charge is 2.40. The fourth-order valence-electron chi connectivity index (χ4n) is 3.84. The van der Waals surface area contributed by atoms with Crippen molar-refractivity contribution in [3.8, 4) is 0 Å². The van der Waals surface area contributed by atoms with Gasteiger partial charge in [0.1, 0.15) is 0 Å². The Labute approximate surface area is 157 Å². The second kappa shape index (κ2) is 6.86. The molecule has 0 unspecified atom stereocenters. The van der Waals surface area contributed by atoms with Gasteiger partial charge in [-0.25, -0.2) is 0 Å². The van der Waals surface area contributed by atoms with Crippen LogP contribution in [-0.4, -0.2) is 0 Å². The minimum atomic E-state index is -1.44. The third-order valence-electron chi connectivity index (χ3n) is 4.94. The highest BCUT2D eigenvalue weighted by Crippen LogP contribution is 2.78. The summed E-state index contributed by atoms with van der Waals surface area (Å²) < 4.78 is 0. The van der Waals surface area contributed by atoms with E-state index in [9.17, 15) is 0 Å². The van der Waals surface area contributed by atoms with Crippen LogP contribution < -0.4 is 0 Å². The van der Waals surface area contributed by atoms with Gasteiger partial charge in [0, 0.05) is 14.7 Å². The SMILES string of the molecule is C=C/C=C\C1=C(C)S(c2ccccc2)(c2ccccc2)c2ccccc21. The van der Waals surface area contributed by atoms with Crippen molar-refractivity contribution in [2.45, 2.75) is 21.6 Å². The lowest BCUT2D eigenvalue weighted by molar-refractivity contribution is 1.30. The van der Waals surface area contributed by atoms with Crippen molar-refractivity contribution in [2.24, 2.45) is 0 Å². The van der Waals surface area contributed by atoms with Crippen molar-refractivity contribution in [3.05, 3.63) is 120 Å². The fourth-order valence-corrected chi connectivity index (χ4v) is 8.09. The molecule has 128 valence electrons. The highest BCUT2D eigenvalue weighted by molar-refractivity contribution is 8.37. The molecule has 0 saturated heterocycles. The smallest absolute Gasteiger partial charge is 0.00989 e. The topological polar surface area (TPSA) is 0 Å². The van der Waals surface area contributed by atoms with Crippen molar-refractivity contribution in [1.82, 2.24) is 0 Å². The van der Waals surface area contributed by atoms with Crippen molar-refractivity contribution >= 4 is 15.6 Å². The van der Waals surface area contributed by atoms with Gasteiger partial charge in [-0.3, -0.25) is 0 Å². The quantitative estimate of drug-likeness (QED) is 0.427. The summed E-state index contributed by atoms with van der Waals surface area (Å²) in [5, 5.41) is 0. The van der Waals surface area contributed by atoms with E-state index in [4.69, 9.17) is 0 Å². The van der Waals surface area contributed by atoms with E-state index in [-0.39, 0.29) is 0 Å². The van der Waals surface area contributed by atoms with E-state index >= 15 is 0 Å². The van der Waals surface area contributed by atoms with E-state index < -0.39 is 10.0 Å². The standard InChI is InChI=1S/C25H22S/c1-3-4-17-23-20(2)26(21-13-7-5-8-14-21,22-15-9-6-10-16-22)25-19-12-11-18-24(23)25/h3-19H,1H2,2H3/b17-4-. The maximum Gasteiger partial charge on any atom is 0.00989 e. The Kier molecular flexibility index (Phi) is 4.40. The summed E-state index contributed by atoms with van der Waals surface area (Å²) in [5.74, 6) is 0. The molecule has 1 heterocycles. The molecule has 0 saturated carbocycles. The Morgan fingerprint density at radius 2 is 1.27 bits per heavy atom. The zero-order chi connectivity index (χ0) is 18.0. The van der Waals surface area contributed by atoms with E-state index in [0.29, 0.717) is 0 Å². The summed E-state index contributed by atoms with van der Waals surface area (Å²) in [6.07, 6.45) is 6.10. The first-order valence-corrected chi connectivity index (χ1v) is 10.5. The van der Waals surface area contributed by atoms with Crippen LogP contribution in [0, 0.1) is 0 Å². The predicted molar refractivity (Wildman–Crippen MR) is 114 cm³/mol. The molecule has 1 aliphatic heterocycles. The molecule has 0 radical (unpaired) electrons. The maximum atomic E-state index is 3.85. The second-order valence-electron chi connectivity index (χ2n) is 6.30. The van der Waals surface area contributed by atoms with Crippen LogP contribution in [0.15, 0.2) is 129 Å². The molecule has 1 aliphatic rings. The van der Waals surface area contributed by atoms with Gasteiger partial charge in [0.15, 0.2) is 0 Å². The van der Waals surface area contributed by atoms with Crippen LogP contribution in [0.3, 0.4) is 0 Å². The number of benzene rings is 3. The minimum absolute atomic E-state index is 1.32. The van der Waals surface area contributed by atoms with Crippen molar-refractivity contribution < 1.29 is 0 Å². The number of allylic oxidation sites excluding steroid dienone is 5. The first-order valence-electron chi connectivity index (χ1n) is 8.83. The van der Waals surface area contributed by atoms with E-state index in [2.05, 4.69) is 105 Å². The number of hydrogen-bond acceptors (Lipinski definition) is 0. The van der Waals surface area contributed by atoms with Gasteiger partial charge < -0.3 is 0 Å². The Morgan fingerprint density at radius 1 is 0.731 bits per heavy atom. The molecule has 1 heteroatoms. The molecule has 4 rings (SSSR count). The molecular formula is C25H22S. The Bertz CT molecular complexity index is 955. The van der Waals surface area contributed by atoms with E-state index in [0.717, 1.165) is 0 Å². The van der Waals surface area contributed by atoms with Crippen LogP contribution in [0.5, 0.6) is 0 Å². The van der Waals surface area contributed by atoms with Gasteiger partial charge in [0.05, 0.1) is 0 Å². The monoisotopic (exact) mass is 354 g/mol. The number of fused-ring (bicyclic) bond motifs is 1. The summed E-state index contributed by atoms with van der Waals surface area (Å²) in [6.45, 7) is 6.16. The Morgan fingerprint density at radius 3 is 1.85 bits per heavy atom. The van der Waals surface area contributed by atoms with Gasteiger partial charge in [0.25, 0.3) is 0 Å². The summed E-state index contributed by atoms with van der Waals surface area (Å²) >= 11 is 0. The van der Waals surface area contributed by atoms with Crippen LogP contribution in [0.25, 0.3) is 5.57 Å². The summed E-state index contributed by atoms with van der Waals surface area (Å²) in [7, 11) is -1.44. The number of rotatable bonds is 4. The van der Waals surface area contributed by atoms with Crippen LogP contribution in [0.1, 0.15) is 12.5 Å². The lowest BCUT2D eigenvalue weighted by Crippen LogP contribution is -2.02.